The largest absolute Gasteiger partial charge is 0.309 e. The third-order valence-electron chi connectivity index (χ3n) is 11.4. The normalized spacial score (nSPS) is 12.1. The van der Waals surface area contributed by atoms with E-state index < -0.39 is 10.0 Å². The van der Waals surface area contributed by atoms with Crippen molar-refractivity contribution in [2.45, 2.75) is 19.6 Å². The van der Waals surface area contributed by atoms with Crippen molar-refractivity contribution in [3.05, 3.63) is 231 Å². The third-order valence-corrected chi connectivity index (χ3v) is 15.3. The molecule has 11 rings (SSSR count). The van der Waals surface area contributed by atoms with Crippen LogP contribution in [0.2, 0.25) is 0 Å². The van der Waals surface area contributed by atoms with Crippen LogP contribution in [0.5, 0.6) is 0 Å². The maximum Gasteiger partial charge on any atom is 0.0547 e. The molecule has 270 valence electrons. The van der Waals surface area contributed by atoms with E-state index in [-0.39, 0.29) is 0 Å². The number of fused-ring (bicyclic) bond motifs is 6. The van der Waals surface area contributed by atoms with Crippen LogP contribution >= 0.6 is 10.0 Å². The first-order valence-electron chi connectivity index (χ1n) is 19.5. The van der Waals surface area contributed by atoms with Crippen LogP contribution < -0.4 is 0 Å². The Morgan fingerprint density at radius 1 is 0.281 bits per heavy atom. The van der Waals surface area contributed by atoms with Gasteiger partial charge in [-0.3, -0.25) is 0 Å². The van der Waals surface area contributed by atoms with Gasteiger partial charge in [-0.25, -0.2) is 0 Å². The van der Waals surface area contributed by atoms with E-state index in [1.54, 1.807) is 0 Å². The molecule has 2 heterocycles. The summed E-state index contributed by atoms with van der Waals surface area (Å²) < 4.78 is 4.86. The Morgan fingerprint density at radius 2 is 0.737 bits per heavy atom. The van der Waals surface area contributed by atoms with Gasteiger partial charge in [0.2, 0.25) is 0 Å². The second kappa shape index (κ2) is 13.6. The van der Waals surface area contributed by atoms with Crippen LogP contribution in [0.3, 0.4) is 0 Å². The average Bonchev–Trinajstić information content (AvgIpc) is 3.81. The van der Waals surface area contributed by atoms with Gasteiger partial charge in [-0.15, -0.1) is 10.0 Å². The molecule has 0 amide bonds. The SMILES string of the molecule is c1ccc(-n2c3ccccc3c3c(-c4ccc5c(c4)c4ccccc4n5-c4cccc(S(c5ccccc5)(c5ccccc5)c5ccccc5)c4)cccc32)cc1. The summed E-state index contributed by atoms with van der Waals surface area (Å²) in [6.45, 7) is 0. The summed E-state index contributed by atoms with van der Waals surface area (Å²) in [6, 6.07) is 84.7. The van der Waals surface area contributed by atoms with Gasteiger partial charge in [0.1, 0.15) is 0 Å². The summed E-state index contributed by atoms with van der Waals surface area (Å²) in [5, 5.41) is 5.01. The second-order valence-electron chi connectivity index (χ2n) is 14.5. The molecule has 0 aliphatic rings. The van der Waals surface area contributed by atoms with E-state index in [1.807, 2.05) is 0 Å². The molecule has 0 spiro atoms. The van der Waals surface area contributed by atoms with Crippen LogP contribution in [-0.2, 0) is 0 Å². The quantitative estimate of drug-likeness (QED) is 0.154. The van der Waals surface area contributed by atoms with Crippen molar-refractivity contribution >= 4 is 53.6 Å². The first kappa shape index (κ1) is 33.3. The standard InChI is InChI=1S/C54H38N2S/c1-5-19-40(20-6-1)55-51-33-16-14-30-48(51)54-46(31-18-34-53(54)55)39-35-36-52-49(37-39)47-29-13-15-32-50(47)56(52)41-21-17-28-45(38-41)57(42-22-7-2-8-23-42,43-24-9-3-10-25-43)44-26-11-4-12-27-44/h1-38H. The summed E-state index contributed by atoms with van der Waals surface area (Å²) >= 11 is 0. The highest BCUT2D eigenvalue weighted by atomic mass is 32.3. The van der Waals surface area contributed by atoms with E-state index in [4.69, 9.17) is 0 Å². The molecule has 0 fully saturated rings. The molecule has 2 aromatic heterocycles. The third kappa shape index (κ3) is 5.20. The number of hydrogen-bond donors (Lipinski definition) is 0. The Morgan fingerprint density at radius 3 is 1.39 bits per heavy atom. The van der Waals surface area contributed by atoms with Gasteiger partial charge < -0.3 is 9.13 Å². The van der Waals surface area contributed by atoms with E-state index in [0.29, 0.717) is 0 Å². The van der Waals surface area contributed by atoms with Crippen molar-refractivity contribution in [1.29, 1.82) is 0 Å². The zero-order valence-electron chi connectivity index (χ0n) is 31.2. The number of benzene rings is 9. The molecule has 0 aliphatic heterocycles. The van der Waals surface area contributed by atoms with E-state index in [0.717, 1.165) is 5.69 Å². The molecule has 0 saturated carbocycles. The smallest absolute Gasteiger partial charge is 0.0547 e. The Kier molecular flexibility index (Phi) is 7.94. The maximum absolute atomic E-state index is 2.46. The molecule has 57 heavy (non-hydrogen) atoms. The lowest BCUT2D eigenvalue weighted by atomic mass is 9.98. The van der Waals surface area contributed by atoms with Crippen LogP contribution in [0.4, 0.5) is 0 Å². The molecule has 0 saturated heterocycles. The van der Waals surface area contributed by atoms with Crippen LogP contribution in [0.25, 0.3) is 66.1 Å². The Labute approximate surface area is 333 Å². The van der Waals surface area contributed by atoms with Crippen LogP contribution in [0.15, 0.2) is 250 Å². The van der Waals surface area contributed by atoms with Gasteiger partial charge in [-0.1, -0.05) is 133 Å². The van der Waals surface area contributed by atoms with Crippen LogP contribution in [-0.4, -0.2) is 9.13 Å². The number of aromatic nitrogens is 2. The van der Waals surface area contributed by atoms with Crippen molar-refractivity contribution in [3.63, 3.8) is 0 Å². The molecule has 0 N–H and O–H groups in total. The lowest BCUT2D eigenvalue weighted by Gasteiger charge is -2.42. The lowest BCUT2D eigenvalue weighted by Crippen LogP contribution is -2.06. The van der Waals surface area contributed by atoms with Gasteiger partial charge in [0, 0.05) is 52.5 Å². The number of para-hydroxylation sites is 3. The van der Waals surface area contributed by atoms with Gasteiger partial charge in [-0.2, -0.15) is 0 Å². The van der Waals surface area contributed by atoms with Crippen molar-refractivity contribution in [3.8, 4) is 22.5 Å². The molecule has 0 unspecified atom stereocenters. The number of hydrogen-bond acceptors (Lipinski definition) is 0. The van der Waals surface area contributed by atoms with Crippen molar-refractivity contribution in [2.75, 3.05) is 0 Å². The highest BCUT2D eigenvalue weighted by Crippen LogP contribution is 2.73. The molecule has 3 heteroatoms. The van der Waals surface area contributed by atoms with E-state index in [1.165, 1.54) is 80.0 Å². The summed E-state index contributed by atoms with van der Waals surface area (Å²) in [6.07, 6.45) is 0. The molecular formula is C54H38N2S. The van der Waals surface area contributed by atoms with Crippen LogP contribution in [0.1, 0.15) is 0 Å². The minimum atomic E-state index is -1.85. The number of nitrogens with zero attached hydrogens (tertiary/aromatic N) is 2. The zero-order valence-corrected chi connectivity index (χ0v) is 32.1. The molecule has 0 radical (unpaired) electrons. The minimum absolute atomic E-state index is 1.15. The van der Waals surface area contributed by atoms with Gasteiger partial charge in [0.05, 0.1) is 22.1 Å². The second-order valence-corrected chi connectivity index (χ2v) is 17.6. The molecule has 9 aromatic carbocycles. The fourth-order valence-electron chi connectivity index (χ4n) is 9.04. The molecule has 2 nitrogen and oxygen atoms in total. The minimum Gasteiger partial charge on any atom is -0.309 e. The van der Waals surface area contributed by atoms with Crippen molar-refractivity contribution in [2.24, 2.45) is 0 Å². The Hall–Kier alpha value is -7.07. The lowest BCUT2D eigenvalue weighted by molar-refractivity contribution is 1.15. The Bertz CT molecular complexity index is 3120. The molecule has 0 aliphatic carbocycles. The predicted molar refractivity (Wildman–Crippen MR) is 241 cm³/mol. The van der Waals surface area contributed by atoms with E-state index >= 15 is 0 Å². The van der Waals surface area contributed by atoms with Gasteiger partial charge in [0.25, 0.3) is 0 Å². The first-order chi connectivity index (χ1) is 28.3. The van der Waals surface area contributed by atoms with E-state index in [9.17, 15) is 0 Å². The fourth-order valence-corrected chi connectivity index (χ4v) is 12.9. The average molecular weight is 747 g/mol. The monoisotopic (exact) mass is 746 g/mol. The Balaban J connectivity index is 1.14. The van der Waals surface area contributed by atoms with Crippen LogP contribution in [0, 0.1) is 0 Å². The summed E-state index contributed by atoms with van der Waals surface area (Å²) in [5.41, 5.74) is 9.57. The van der Waals surface area contributed by atoms with Crippen molar-refractivity contribution in [1.82, 2.24) is 9.13 Å². The van der Waals surface area contributed by atoms with E-state index in [2.05, 4.69) is 240 Å². The fraction of sp³-hybridized carbons (Fsp3) is 0. The molecular weight excluding hydrogens is 709 g/mol. The predicted octanol–water partition coefficient (Wildman–Crippen LogP) is 14.9. The maximum atomic E-state index is 2.46. The van der Waals surface area contributed by atoms with Crippen molar-refractivity contribution < 1.29 is 0 Å². The summed E-state index contributed by atoms with van der Waals surface area (Å²) in [4.78, 5) is 5.24. The van der Waals surface area contributed by atoms with Gasteiger partial charge >= 0.3 is 0 Å². The highest BCUT2D eigenvalue weighted by Gasteiger charge is 2.33. The summed E-state index contributed by atoms with van der Waals surface area (Å²) in [7, 11) is -1.85. The first-order valence-corrected chi connectivity index (χ1v) is 21.1. The number of rotatable bonds is 7. The molecule has 0 atom stereocenters. The molecule has 11 aromatic rings. The highest BCUT2D eigenvalue weighted by molar-refractivity contribution is 8.34. The van der Waals surface area contributed by atoms with Gasteiger partial charge in [-0.05, 0) is 108 Å². The van der Waals surface area contributed by atoms with Gasteiger partial charge in [0.15, 0.2) is 0 Å². The summed E-state index contributed by atoms with van der Waals surface area (Å²) in [5.74, 6) is 0. The molecule has 0 bridgehead atoms. The zero-order chi connectivity index (χ0) is 37.8. The topological polar surface area (TPSA) is 9.86 Å².